The number of benzene rings is 1. The van der Waals surface area contributed by atoms with Crippen LogP contribution in [0.3, 0.4) is 0 Å². The number of carbonyl (C=O) groups is 3. The molecule has 8 heteroatoms. The summed E-state index contributed by atoms with van der Waals surface area (Å²) in [4.78, 5) is 38.6. The Hall–Kier alpha value is -2.74. The number of nitrogens with zero attached hydrogens (tertiary/aromatic N) is 3. The molecule has 1 aliphatic carbocycles. The molecule has 7 nitrogen and oxygen atoms in total. The molecule has 2 aromatic rings. The number of fused-ring (bicyclic) bond motifs is 1. The number of amides is 3. The number of allylic oxidation sites excluding steroid dienone is 2. The number of hydrogen-bond acceptors (Lipinski definition) is 4. The summed E-state index contributed by atoms with van der Waals surface area (Å²) in [6, 6.07) is 9.60. The molecule has 2 aliphatic rings. The standard InChI is InChI=1S/C21H21BrN4O3/c22-15-7-5-14(6-8-15)13-26-18(9-11-23-26)24-19(27)10-12-25-20(28)16-3-1-2-4-17(16)21(25)29/h1-2,5-9,11,16-17H,3-4,10,12-13H2,(H,24,27). The second-order valence-electron chi connectivity index (χ2n) is 7.28. The molecule has 0 saturated carbocycles. The first-order valence-electron chi connectivity index (χ1n) is 9.59. The third-order valence-corrected chi connectivity index (χ3v) is 5.92. The van der Waals surface area contributed by atoms with Crippen LogP contribution in [0, 0.1) is 11.8 Å². The van der Waals surface area contributed by atoms with Crippen LogP contribution in [0.2, 0.25) is 0 Å². The van der Waals surface area contributed by atoms with E-state index < -0.39 is 0 Å². The van der Waals surface area contributed by atoms with Gasteiger partial charge in [-0.1, -0.05) is 40.2 Å². The zero-order chi connectivity index (χ0) is 20.4. The fraction of sp³-hybridized carbons (Fsp3) is 0.333. The maximum absolute atomic E-state index is 12.5. The highest BCUT2D eigenvalue weighted by Crippen LogP contribution is 2.35. The van der Waals surface area contributed by atoms with Crippen molar-refractivity contribution in [1.29, 1.82) is 0 Å². The third kappa shape index (κ3) is 4.17. The highest BCUT2D eigenvalue weighted by Gasteiger charge is 2.46. The molecule has 2 unspecified atom stereocenters. The van der Waals surface area contributed by atoms with Crippen molar-refractivity contribution in [2.24, 2.45) is 11.8 Å². The number of imide groups is 1. The van der Waals surface area contributed by atoms with Gasteiger partial charge in [0.2, 0.25) is 17.7 Å². The second kappa shape index (κ2) is 8.32. The fourth-order valence-electron chi connectivity index (χ4n) is 3.84. The van der Waals surface area contributed by atoms with E-state index >= 15 is 0 Å². The Kier molecular flexibility index (Phi) is 5.62. The van der Waals surface area contributed by atoms with E-state index in [2.05, 4.69) is 26.3 Å². The number of nitrogens with one attached hydrogen (secondary N) is 1. The molecule has 0 bridgehead atoms. The van der Waals surface area contributed by atoms with Crippen molar-refractivity contribution in [2.45, 2.75) is 25.8 Å². The Morgan fingerprint density at radius 2 is 1.72 bits per heavy atom. The van der Waals surface area contributed by atoms with Gasteiger partial charge in [-0.2, -0.15) is 5.10 Å². The minimum Gasteiger partial charge on any atom is -0.311 e. The topological polar surface area (TPSA) is 84.3 Å². The molecule has 1 aromatic carbocycles. The van der Waals surface area contributed by atoms with E-state index in [4.69, 9.17) is 0 Å². The zero-order valence-electron chi connectivity index (χ0n) is 15.8. The zero-order valence-corrected chi connectivity index (χ0v) is 17.3. The normalized spacial score (nSPS) is 20.8. The second-order valence-corrected chi connectivity index (χ2v) is 8.20. The molecule has 1 N–H and O–H groups in total. The number of carbonyl (C=O) groups excluding carboxylic acids is 3. The molecule has 0 spiro atoms. The molecule has 4 rings (SSSR count). The van der Waals surface area contributed by atoms with E-state index in [1.165, 1.54) is 4.90 Å². The molecule has 29 heavy (non-hydrogen) atoms. The first-order chi connectivity index (χ1) is 14.0. The van der Waals surface area contributed by atoms with E-state index in [9.17, 15) is 14.4 Å². The van der Waals surface area contributed by atoms with Crippen molar-refractivity contribution in [1.82, 2.24) is 14.7 Å². The van der Waals surface area contributed by atoms with Crippen molar-refractivity contribution < 1.29 is 14.4 Å². The van der Waals surface area contributed by atoms with Gasteiger partial charge in [0.25, 0.3) is 0 Å². The van der Waals surface area contributed by atoms with Gasteiger partial charge < -0.3 is 5.32 Å². The summed E-state index contributed by atoms with van der Waals surface area (Å²) >= 11 is 3.41. The van der Waals surface area contributed by atoms with E-state index in [1.54, 1.807) is 16.9 Å². The highest BCUT2D eigenvalue weighted by molar-refractivity contribution is 9.10. The maximum atomic E-state index is 12.5. The Bertz CT molecular complexity index is 941. The van der Waals surface area contributed by atoms with E-state index in [-0.39, 0.29) is 42.5 Å². The van der Waals surface area contributed by atoms with Crippen LogP contribution in [-0.4, -0.2) is 38.9 Å². The summed E-state index contributed by atoms with van der Waals surface area (Å²) in [5, 5.41) is 7.09. The van der Waals surface area contributed by atoms with Crippen molar-refractivity contribution in [3.63, 3.8) is 0 Å². The average Bonchev–Trinajstić information content (AvgIpc) is 3.25. The smallest absolute Gasteiger partial charge is 0.233 e. The van der Waals surface area contributed by atoms with Gasteiger partial charge in [0, 0.05) is 23.5 Å². The van der Waals surface area contributed by atoms with E-state index in [0.29, 0.717) is 25.2 Å². The van der Waals surface area contributed by atoms with Crippen LogP contribution in [0.15, 0.2) is 53.2 Å². The maximum Gasteiger partial charge on any atom is 0.233 e. The molecular weight excluding hydrogens is 436 g/mol. The van der Waals surface area contributed by atoms with E-state index in [1.807, 2.05) is 36.4 Å². The SMILES string of the molecule is O=C(CCN1C(=O)C2CC=CCC2C1=O)Nc1ccnn1Cc1ccc(Br)cc1. The summed E-state index contributed by atoms with van der Waals surface area (Å²) in [7, 11) is 0. The monoisotopic (exact) mass is 456 g/mol. The Morgan fingerprint density at radius 1 is 1.07 bits per heavy atom. The lowest BCUT2D eigenvalue weighted by Crippen LogP contribution is -2.34. The Balaban J connectivity index is 1.34. The average molecular weight is 457 g/mol. The van der Waals surface area contributed by atoms with Gasteiger partial charge in [0.05, 0.1) is 24.6 Å². The van der Waals surface area contributed by atoms with Crippen LogP contribution in [-0.2, 0) is 20.9 Å². The van der Waals surface area contributed by atoms with Crippen LogP contribution in [0.25, 0.3) is 0 Å². The predicted molar refractivity (Wildman–Crippen MR) is 111 cm³/mol. The lowest BCUT2D eigenvalue weighted by atomic mass is 9.85. The van der Waals surface area contributed by atoms with Crippen LogP contribution in [0.5, 0.6) is 0 Å². The van der Waals surface area contributed by atoms with Gasteiger partial charge >= 0.3 is 0 Å². The van der Waals surface area contributed by atoms with Gasteiger partial charge in [0.1, 0.15) is 5.82 Å². The minimum absolute atomic E-state index is 0.0633. The van der Waals surface area contributed by atoms with Gasteiger partial charge in [-0.25, -0.2) is 4.68 Å². The summed E-state index contributed by atoms with van der Waals surface area (Å²) < 4.78 is 2.70. The van der Waals surface area contributed by atoms with Crippen molar-refractivity contribution in [3.05, 3.63) is 58.7 Å². The van der Waals surface area contributed by atoms with E-state index in [0.717, 1.165) is 10.0 Å². The molecule has 2 atom stereocenters. The molecule has 3 amide bonds. The molecule has 1 aromatic heterocycles. The lowest BCUT2D eigenvalue weighted by Gasteiger charge is -2.15. The lowest BCUT2D eigenvalue weighted by molar-refractivity contribution is -0.140. The Morgan fingerprint density at radius 3 is 2.38 bits per heavy atom. The predicted octanol–water partition coefficient (Wildman–Crippen LogP) is 2.97. The van der Waals surface area contributed by atoms with Gasteiger partial charge in [-0.05, 0) is 30.5 Å². The molecule has 1 saturated heterocycles. The summed E-state index contributed by atoms with van der Waals surface area (Å²) in [6.45, 7) is 0.632. The number of anilines is 1. The van der Waals surface area contributed by atoms with Gasteiger partial charge in [0.15, 0.2) is 0 Å². The van der Waals surface area contributed by atoms with Crippen molar-refractivity contribution >= 4 is 39.5 Å². The molecule has 150 valence electrons. The van der Waals surface area contributed by atoms with Crippen LogP contribution in [0.4, 0.5) is 5.82 Å². The fourth-order valence-corrected chi connectivity index (χ4v) is 4.10. The van der Waals surface area contributed by atoms with Crippen molar-refractivity contribution in [3.8, 4) is 0 Å². The Labute approximate surface area is 176 Å². The van der Waals surface area contributed by atoms with Crippen LogP contribution >= 0.6 is 15.9 Å². The number of likely N-dealkylation sites (tertiary alicyclic amines) is 1. The van der Waals surface area contributed by atoms with Crippen LogP contribution in [0.1, 0.15) is 24.8 Å². The quantitative estimate of drug-likeness (QED) is 0.534. The number of halogens is 1. The number of hydrogen-bond donors (Lipinski definition) is 1. The number of rotatable bonds is 6. The van der Waals surface area contributed by atoms with Gasteiger partial charge in [-0.3, -0.25) is 19.3 Å². The molecule has 2 heterocycles. The largest absolute Gasteiger partial charge is 0.311 e. The number of aromatic nitrogens is 2. The summed E-state index contributed by atoms with van der Waals surface area (Å²) in [5.41, 5.74) is 1.05. The first-order valence-corrected chi connectivity index (χ1v) is 10.4. The summed E-state index contributed by atoms with van der Waals surface area (Å²) in [5.74, 6) is -0.508. The van der Waals surface area contributed by atoms with Crippen molar-refractivity contribution in [2.75, 3.05) is 11.9 Å². The highest BCUT2D eigenvalue weighted by atomic mass is 79.9. The molecule has 0 radical (unpaired) electrons. The third-order valence-electron chi connectivity index (χ3n) is 5.39. The first kappa shape index (κ1) is 19.6. The minimum atomic E-state index is -0.261. The molecular formula is C21H21BrN4O3. The molecule has 1 aliphatic heterocycles. The summed E-state index contributed by atoms with van der Waals surface area (Å²) in [6.07, 6.45) is 6.80. The molecule has 1 fully saturated rings. The van der Waals surface area contributed by atoms with Gasteiger partial charge in [-0.15, -0.1) is 0 Å². The van der Waals surface area contributed by atoms with Crippen LogP contribution < -0.4 is 5.32 Å².